The SMILES string of the molecule is CCCO[C@@H]1O[C@H](CO)[C@@H](O[C@@H]2O[C@H](CO)[C@H](O)[C@H](O)[C@H]2O)[C@H](N(C)CCN2[C@H](CO)[C@@H](O)[C@H](O)[C@H](O)[C@@H]2C)[C@H]1NC(C)=O. The van der Waals surface area contributed by atoms with Gasteiger partial charge in [0.25, 0.3) is 0 Å². The lowest BCUT2D eigenvalue weighted by molar-refractivity contribution is -0.343. The zero-order valence-electron chi connectivity index (χ0n) is 25.6. The molecular weight excluding hydrogens is 590 g/mol. The minimum absolute atomic E-state index is 0.158. The van der Waals surface area contributed by atoms with E-state index >= 15 is 0 Å². The van der Waals surface area contributed by atoms with Crippen LogP contribution in [-0.4, -0.2) is 200 Å². The number of piperidine rings is 1. The van der Waals surface area contributed by atoms with E-state index in [2.05, 4.69) is 5.32 Å². The summed E-state index contributed by atoms with van der Waals surface area (Å²) in [6, 6.07) is -3.30. The van der Waals surface area contributed by atoms with Crippen molar-refractivity contribution < 1.29 is 69.7 Å². The highest BCUT2D eigenvalue weighted by atomic mass is 16.7. The van der Waals surface area contributed by atoms with Crippen molar-refractivity contribution in [3.05, 3.63) is 0 Å². The number of hydrogen-bond acceptors (Lipinski definition) is 16. The van der Waals surface area contributed by atoms with E-state index in [9.17, 15) is 50.8 Å². The third kappa shape index (κ3) is 8.04. The summed E-state index contributed by atoms with van der Waals surface area (Å²) in [7, 11) is 1.68. The number of carbonyl (C=O) groups excluding carboxylic acids is 1. The van der Waals surface area contributed by atoms with Crippen LogP contribution in [0.1, 0.15) is 27.2 Å². The molecule has 3 fully saturated rings. The first kappa shape index (κ1) is 37.3. The molecule has 3 heterocycles. The second-order valence-electron chi connectivity index (χ2n) is 11.8. The Labute approximate surface area is 256 Å². The maximum absolute atomic E-state index is 12.4. The molecular formula is C27H51N3O14. The first-order valence-electron chi connectivity index (χ1n) is 15.0. The molecule has 0 unspecified atom stereocenters. The molecule has 258 valence electrons. The molecule has 1 amide bonds. The summed E-state index contributed by atoms with van der Waals surface area (Å²) in [5.41, 5.74) is 0. The molecule has 0 bridgehead atoms. The molecule has 3 aliphatic rings. The number of likely N-dealkylation sites (N-methyl/N-ethyl adjacent to an activating group) is 1. The summed E-state index contributed by atoms with van der Waals surface area (Å²) in [6.07, 6.45) is -14.8. The molecule has 15 atom stereocenters. The minimum Gasteiger partial charge on any atom is -0.395 e. The number of likely N-dealkylation sites (tertiary alicyclic amines) is 1. The zero-order chi connectivity index (χ0) is 32.9. The zero-order valence-corrected chi connectivity index (χ0v) is 25.6. The molecule has 0 aromatic rings. The van der Waals surface area contributed by atoms with Crippen LogP contribution in [0.2, 0.25) is 0 Å². The number of carbonyl (C=O) groups is 1. The fourth-order valence-electron chi connectivity index (χ4n) is 6.27. The van der Waals surface area contributed by atoms with E-state index in [0.717, 1.165) is 0 Å². The topological polar surface area (TPSA) is 255 Å². The van der Waals surface area contributed by atoms with Crippen LogP contribution in [0.25, 0.3) is 0 Å². The summed E-state index contributed by atoms with van der Waals surface area (Å²) in [6.45, 7) is 3.65. The van der Waals surface area contributed by atoms with Crippen LogP contribution in [0.5, 0.6) is 0 Å². The highest BCUT2D eigenvalue weighted by Crippen LogP contribution is 2.32. The molecule has 10 N–H and O–H groups in total. The molecule has 0 aromatic carbocycles. The Balaban J connectivity index is 1.95. The number of rotatable bonds is 13. The fourth-order valence-corrected chi connectivity index (χ4v) is 6.27. The molecule has 44 heavy (non-hydrogen) atoms. The Hall–Kier alpha value is -1.13. The van der Waals surface area contributed by atoms with E-state index in [-0.39, 0.29) is 19.7 Å². The lowest BCUT2D eigenvalue weighted by Gasteiger charge is -2.52. The second-order valence-corrected chi connectivity index (χ2v) is 11.8. The van der Waals surface area contributed by atoms with E-state index in [1.165, 1.54) is 6.92 Å². The molecule has 3 saturated heterocycles. The van der Waals surface area contributed by atoms with Gasteiger partial charge in [0.2, 0.25) is 5.91 Å². The molecule has 3 aliphatic heterocycles. The molecule has 0 spiro atoms. The maximum Gasteiger partial charge on any atom is 0.217 e. The summed E-state index contributed by atoms with van der Waals surface area (Å²) in [4.78, 5) is 15.8. The van der Waals surface area contributed by atoms with Gasteiger partial charge in [0.1, 0.15) is 48.8 Å². The third-order valence-electron chi connectivity index (χ3n) is 8.79. The van der Waals surface area contributed by atoms with E-state index in [1.54, 1.807) is 23.8 Å². The lowest BCUT2D eigenvalue weighted by Crippen LogP contribution is -2.72. The molecule has 0 saturated carbocycles. The van der Waals surface area contributed by atoms with Crippen molar-refractivity contribution in [2.75, 3.05) is 46.6 Å². The van der Waals surface area contributed by atoms with Crippen LogP contribution < -0.4 is 5.32 Å². The Morgan fingerprint density at radius 1 is 0.864 bits per heavy atom. The minimum atomic E-state index is -1.75. The van der Waals surface area contributed by atoms with Gasteiger partial charge in [0.15, 0.2) is 12.6 Å². The van der Waals surface area contributed by atoms with Crippen molar-refractivity contribution in [2.45, 2.75) is 119 Å². The molecule has 0 aromatic heterocycles. The Morgan fingerprint density at radius 3 is 2.05 bits per heavy atom. The van der Waals surface area contributed by atoms with E-state index in [1.807, 2.05) is 6.92 Å². The summed E-state index contributed by atoms with van der Waals surface area (Å²) in [5, 5.41) is 95.4. The van der Waals surface area contributed by atoms with Crippen molar-refractivity contribution in [3.63, 3.8) is 0 Å². The first-order chi connectivity index (χ1) is 20.8. The average molecular weight is 642 g/mol. The van der Waals surface area contributed by atoms with Gasteiger partial charge in [-0.1, -0.05) is 6.92 Å². The van der Waals surface area contributed by atoms with Gasteiger partial charge in [-0.05, 0) is 20.4 Å². The number of amides is 1. The highest BCUT2D eigenvalue weighted by Gasteiger charge is 2.53. The quantitative estimate of drug-likeness (QED) is 0.0899. The highest BCUT2D eigenvalue weighted by molar-refractivity contribution is 5.73. The monoisotopic (exact) mass is 641 g/mol. The molecule has 17 heteroatoms. The van der Waals surface area contributed by atoms with Gasteiger partial charge in [0, 0.05) is 32.7 Å². The maximum atomic E-state index is 12.4. The van der Waals surface area contributed by atoms with E-state index in [4.69, 9.17) is 18.9 Å². The number of aliphatic hydroxyl groups is 9. The molecule has 17 nitrogen and oxygen atoms in total. The van der Waals surface area contributed by atoms with Crippen LogP contribution in [0.4, 0.5) is 0 Å². The molecule has 0 aliphatic carbocycles. The Kier molecular flexibility index (Phi) is 14.1. The van der Waals surface area contributed by atoms with Gasteiger partial charge >= 0.3 is 0 Å². The van der Waals surface area contributed by atoms with Crippen molar-refractivity contribution in [3.8, 4) is 0 Å². The van der Waals surface area contributed by atoms with Gasteiger partial charge in [-0.3, -0.25) is 14.6 Å². The fraction of sp³-hybridized carbons (Fsp3) is 0.963. The number of hydrogen-bond donors (Lipinski definition) is 10. The van der Waals surface area contributed by atoms with Crippen molar-refractivity contribution in [1.82, 2.24) is 15.1 Å². The van der Waals surface area contributed by atoms with Crippen LogP contribution in [0.3, 0.4) is 0 Å². The molecule has 0 radical (unpaired) electrons. The van der Waals surface area contributed by atoms with Crippen LogP contribution >= 0.6 is 0 Å². The smallest absolute Gasteiger partial charge is 0.217 e. The van der Waals surface area contributed by atoms with Crippen LogP contribution in [-0.2, 0) is 23.7 Å². The van der Waals surface area contributed by atoms with Gasteiger partial charge in [-0.25, -0.2) is 0 Å². The van der Waals surface area contributed by atoms with E-state index < -0.39 is 117 Å². The Morgan fingerprint density at radius 2 is 1.48 bits per heavy atom. The van der Waals surface area contributed by atoms with Crippen LogP contribution in [0, 0.1) is 0 Å². The summed E-state index contributed by atoms with van der Waals surface area (Å²) >= 11 is 0. The van der Waals surface area contributed by atoms with Crippen molar-refractivity contribution in [1.29, 1.82) is 0 Å². The van der Waals surface area contributed by atoms with Crippen molar-refractivity contribution >= 4 is 5.91 Å². The predicted octanol–water partition coefficient (Wildman–Crippen LogP) is -5.73. The van der Waals surface area contributed by atoms with Crippen LogP contribution in [0.15, 0.2) is 0 Å². The summed E-state index contributed by atoms with van der Waals surface area (Å²) in [5.74, 6) is -0.429. The molecule has 3 rings (SSSR count). The van der Waals surface area contributed by atoms with Gasteiger partial charge in [-0.2, -0.15) is 0 Å². The largest absolute Gasteiger partial charge is 0.395 e. The second kappa shape index (κ2) is 16.6. The number of nitrogens with zero attached hydrogens (tertiary/aromatic N) is 2. The summed E-state index contributed by atoms with van der Waals surface area (Å²) < 4.78 is 23.7. The predicted molar refractivity (Wildman–Crippen MR) is 150 cm³/mol. The van der Waals surface area contributed by atoms with Gasteiger partial charge in [-0.15, -0.1) is 0 Å². The third-order valence-corrected chi connectivity index (χ3v) is 8.79. The number of aliphatic hydroxyl groups excluding tert-OH is 9. The number of nitrogens with one attached hydrogen (secondary N) is 1. The first-order valence-corrected chi connectivity index (χ1v) is 15.0. The van der Waals surface area contributed by atoms with Crippen molar-refractivity contribution in [2.24, 2.45) is 0 Å². The van der Waals surface area contributed by atoms with Gasteiger partial charge < -0.3 is 70.2 Å². The van der Waals surface area contributed by atoms with E-state index in [0.29, 0.717) is 6.42 Å². The Bertz CT molecular complexity index is 891. The average Bonchev–Trinajstić information content (AvgIpc) is 3.00. The number of ether oxygens (including phenoxy) is 4. The van der Waals surface area contributed by atoms with Gasteiger partial charge in [0.05, 0.1) is 44.1 Å². The normalized spacial score (nSPS) is 43.7. The lowest BCUT2D eigenvalue weighted by atomic mass is 9.88. The standard InChI is InChI=1S/C27H51N3O14/c1-5-8-41-26-17(28-13(3)34)18(29(4)6-7-30-12(2)19(35)22(38)20(36)14(30)9-31)25(16(11-33)43-26)44-27-24(40)23(39)21(37)15(10-32)42-27/h12,14-27,31-33,35-40H,5-11H2,1-4H3,(H,28,34)/t12-,14+,15+,16+,17+,18+,19+,20+,21-,22+,23-,24+,25+,26+,27-/m0/s1.